The molecule has 3 rings (SSSR count). The largest absolute Gasteiger partial charge is 0.336 e. The van der Waals surface area contributed by atoms with Crippen molar-refractivity contribution in [3.05, 3.63) is 63.3 Å². The first-order valence-electron chi connectivity index (χ1n) is 7.51. The predicted molar refractivity (Wildman–Crippen MR) is 103 cm³/mol. The van der Waals surface area contributed by atoms with Gasteiger partial charge in [-0.1, -0.05) is 17.8 Å². The molecule has 5 nitrogen and oxygen atoms in total. The van der Waals surface area contributed by atoms with Crippen LogP contribution in [0.1, 0.15) is 17.4 Å². The van der Waals surface area contributed by atoms with Crippen molar-refractivity contribution in [2.45, 2.75) is 19.0 Å². The summed E-state index contributed by atoms with van der Waals surface area (Å²) in [6, 6.07) is 13.4. The highest BCUT2D eigenvalue weighted by Gasteiger charge is 2.35. The summed E-state index contributed by atoms with van der Waals surface area (Å²) in [4.78, 5) is 4.13. The molecule has 1 aromatic heterocycles. The van der Waals surface area contributed by atoms with E-state index in [0.29, 0.717) is 12.1 Å². The molecule has 1 aliphatic heterocycles. The van der Waals surface area contributed by atoms with Gasteiger partial charge in [-0.3, -0.25) is 0 Å². The first-order chi connectivity index (χ1) is 11.9. The highest BCUT2D eigenvalue weighted by molar-refractivity contribution is 8.04. The third kappa shape index (κ3) is 4.00. The fourth-order valence-corrected chi connectivity index (χ4v) is 5.70. The number of thiophene rings is 1. The zero-order valence-electron chi connectivity index (χ0n) is 13.8. The van der Waals surface area contributed by atoms with Gasteiger partial charge in [0.05, 0.1) is 24.4 Å². The van der Waals surface area contributed by atoms with Gasteiger partial charge in [-0.2, -0.15) is 5.26 Å². The first kappa shape index (κ1) is 17.9. The Hall–Kier alpha value is -1.95. The number of anilines is 1. The minimum Gasteiger partial charge on any atom is -0.336 e. The molecule has 130 valence electrons. The summed E-state index contributed by atoms with van der Waals surface area (Å²) in [7, 11) is -3.38. The Kier molecular flexibility index (Phi) is 5.08. The summed E-state index contributed by atoms with van der Waals surface area (Å²) in [6.45, 7) is 2.50. The van der Waals surface area contributed by atoms with E-state index in [9.17, 15) is 8.42 Å². The third-order valence-corrected chi connectivity index (χ3v) is 6.94. The fourth-order valence-electron chi connectivity index (χ4n) is 2.55. The van der Waals surface area contributed by atoms with Crippen molar-refractivity contribution >= 4 is 38.8 Å². The Balaban J connectivity index is 2.00. The van der Waals surface area contributed by atoms with E-state index < -0.39 is 10.0 Å². The zero-order chi connectivity index (χ0) is 18.0. The van der Waals surface area contributed by atoms with Crippen LogP contribution in [0.5, 0.6) is 0 Å². The average Bonchev–Trinajstić information content (AvgIpc) is 3.21. The van der Waals surface area contributed by atoms with Crippen LogP contribution in [0.4, 0.5) is 5.69 Å². The van der Waals surface area contributed by atoms with E-state index in [2.05, 4.69) is 6.07 Å². The Labute approximate surface area is 156 Å². The predicted octanol–water partition coefficient (Wildman–Crippen LogP) is 3.78. The fraction of sp³-hybridized carbons (Fsp3) is 0.235. The molecule has 0 saturated heterocycles. The number of nitriles is 1. The Bertz CT molecular complexity index is 913. The lowest BCUT2D eigenvalue weighted by Crippen LogP contribution is -2.44. The highest BCUT2D eigenvalue weighted by atomic mass is 32.2. The Morgan fingerprint density at radius 2 is 2.00 bits per heavy atom. The quantitative estimate of drug-likeness (QED) is 0.776. The van der Waals surface area contributed by atoms with Crippen LogP contribution in [0, 0.1) is 11.3 Å². The molecule has 2 aromatic rings. The maximum absolute atomic E-state index is 12.2. The summed E-state index contributed by atoms with van der Waals surface area (Å²) < 4.78 is 25.9. The van der Waals surface area contributed by atoms with Crippen molar-refractivity contribution in [3.8, 4) is 6.07 Å². The molecule has 2 heterocycles. The number of nitrogens with zero attached hydrogens (tertiary/aromatic N) is 3. The third-order valence-electron chi connectivity index (χ3n) is 3.70. The van der Waals surface area contributed by atoms with Crippen molar-refractivity contribution in [1.82, 2.24) is 4.31 Å². The van der Waals surface area contributed by atoms with Crippen LogP contribution in [0.15, 0.2) is 52.9 Å². The average molecular weight is 392 g/mol. The second-order valence-electron chi connectivity index (χ2n) is 5.64. The van der Waals surface area contributed by atoms with Crippen LogP contribution >= 0.6 is 23.1 Å². The molecular formula is C17H17N3O2S3. The van der Waals surface area contributed by atoms with Crippen LogP contribution in [-0.4, -0.2) is 24.5 Å². The van der Waals surface area contributed by atoms with Crippen molar-refractivity contribution < 1.29 is 8.42 Å². The summed E-state index contributed by atoms with van der Waals surface area (Å²) >= 11 is 3.14. The van der Waals surface area contributed by atoms with Crippen molar-refractivity contribution in [2.75, 3.05) is 11.2 Å². The molecule has 0 N–H and O–H groups in total. The van der Waals surface area contributed by atoms with Crippen LogP contribution in [0.2, 0.25) is 0 Å². The molecule has 0 aliphatic carbocycles. The van der Waals surface area contributed by atoms with E-state index in [1.807, 2.05) is 41.5 Å². The van der Waals surface area contributed by atoms with Crippen LogP contribution in [-0.2, 0) is 16.6 Å². The van der Waals surface area contributed by atoms with Crippen molar-refractivity contribution in [2.24, 2.45) is 0 Å². The van der Waals surface area contributed by atoms with Crippen molar-refractivity contribution in [1.29, 1.82) is 5.26 Å². The molecule has 1 aliphatic rings. The van der Waals surface area contributed by atoms with Gasteiger partial charge < -0.3 is 4.90 Å². The Morgan fingerprint density at radius 3 is 2.56 bits per heavy atom. The lowest BCUT2D eigenvalue weighted by Gasteiger charge is -2.35. The van der Waals surface area contributed by atoms with E-state index in [0.717, 1.165) is 15.5 Å². The van der Waals surface area contributed by atoms with E-state index in [4.69, 9.17) is 5.26 Å². The van der Waals surface area contributed by atoms with Gasteiger partial charge in [0.25, 0.3) is 0 Å². The number of sulfonamides is 1. The maximum Gasteiger partial charge on any atom is 0.234 e. The van der Waals surface area contributed by atoms with Gasteiger partial charge in [-0.05, 0) is 42.6 Å². The van der Waals surface area contributed by atoms with Crippen molar-refractivity contribution in [3.63, 3.8) is 0 Å². The van der Waals surface area contributed by atoms with Gasteiger partial charge in [-0.15, -0.1) is 11.3 Å². The van der Waals surface area contributed by atoms with Gasteiger partial charge >= 0.3 is 0 Å². The zero-order valence-corrected chi connectivity index (χ0v) is 16.2. The summed E-state index contributed by atoms with van der Waals surface area (Å²) in [6.07, 6.45) is 2.90. The summed E-state index contributed by atoms with van der Waals surface area (Å²) in [5.74, 6) is 0. The van der Waals surface area contributed by atoms with Gasteiger partial charge in [-0.25, -0.2) is 12.7 Å². The minimum atomic E-state index is -3.38. The van der Waals surface area contributed by atoms with Crippen LogP contribution < -0.4 is 4.90 Å². The minimum absolute atomic E-state index is 0.384. The molecule has 0 bridgehead atoms. The van der Waals surface area contributed by atoms with E-state index in [-0.39, 0.29) is 5.50 Å². The second kappa shape index (κ2) is 7.12. The first-order valence-corrected chi connectivity index (χ1v) is 11.1. The molecule has 0 fully saturated rings. The number of benzene rings is 1. The topological polar surface area (TPSA) is 64.4 Å². The molecule has 1 aromatic carbocycles. The Morgan fingerprint density at radius 1 is 1.28 bits per heavy atom. The van der Waals surface area contributed by atoms with E-state index in [1.54, 1.807) is 29.7 Å². The standard InChI is InChI=1S/C17H17N3O2S3/c1-13-11-20(25(2,21)22)17(24-13)19(12-16-4-3-9-23-16)15-7-5-14(10-18)6-8-15/h3-9,11,17H,12H2,1-2H3. The number of hydrogen-bond donors (Lipinski definition) is 0. The normalized spacial score (nSPS) is 17.2. The van der Waals surface area contributed by atoms with Crippen LogP contribution in [0.25, 0.3) is 0 Å². The molecule has 0 amide bonds. The van der Waals surface area contributed by atoms with E-state index in [1.165, 1.54) is 22.3 Å². The summed E-state index contributed by atoms with van der Waals surface area (Å²) in [5, 5.41) is 11.0. The maximum atomic E-state index is 12.2. The lowest BCUT2D eigenvalue weighted by atomic mass is 10.2. The van der Waals surface area contributed by atoms with Gasteiger partial charge in [0.2, 0.25) is 10.0 Å². The van der Waals surface area contributed by atoms with Gasteiger partial charge in [0, 0.05) is 21.7 Å². The number of hydrogen-bond acceptors (Lipinski definition) is 6. The number of rotatable bonds is 5. The van der Waals surface area contributed by atoms with E-state index >= 15 is 0 Å². The molecule has 8 heteroatoms. The molecular weight excluding hydrogens is 374 g/mol. The van der Waals surface area contributed by atoms with Crippen LogP contribution in [0.3, 0.4) is 0 Å². The lowest BCUT2D eigenvalue weighted by molar-refractivity contribution is 0.476. The number of allylic oxidation sites excluding steroid dienone is 1. The summed E-state index contributed by atoms with van der Waals surface area (Å²) in [5.41, 5.74) is 1.07. The molecule has 0 spiro atoms. The monoisotopic (exact) mass is 391 g/mol. The molecule has 0 radical (unpaired) electrons. The molecule has 0 saturated carbocycles. The highest BCUT2D eigenvalue weighted by Crippen LogP contribution is 2.39. The molecule has 1 atom stereocenters. The number of thioether (sulfide) groups is 1. The van der Waals surface area contributed by atoms with Gasteiger partial charge in [0.1, 0.15) is 0 Å². The smallest absolute Gasteiger partial charge is 0.234 e. The molecule has 1 unspecified atom stereocenters. The van der Waals surface area contributed by atoms with Gasteiger partial charge in [0.15, 0.2) is 5.50 Å². The second-order valence-corrected chi connectivity index (χ2v) is 9.86. The SMILES string of the molecule is CC1=CN(S(C)(=O)=O)C(N(Cc2cccs2)c2ccc(C#N)cc2)S1. The molecule has 25 heavy (non-hydrogen) atoms.